The van der Waals surface area contributed by atoms with Gasteiger partial charge in [0.25, 0.3) is 0 Å². The molecule has 1 aromatic heterocycles. The molecule has 0 bridgehead atoms. The van der Waals surface area contributed by atoms with Gasteiger partial charge in [0.1, 0.15) is 11.4 Å². The van der Waals surface area contributed by atoms with Gasteiger partial charge >= 0.3 is 0 Å². The van der Waals surface area contributed by atoms with Crippen LogP contribution in [0.2, 0.25) is 0 Å². The Morgan fingerprint density at radius 1 is 1.40 bits per heavy atom. The topological polar surface area (TPSA) is 100 Å². The molecule has 138 valence electrons. The fourth-order valence-electron chi connectivity index (χ4n) is 3.94. The van der Waals surface area contributed by atoms with E-state index >= 15 is 0 Å². The summed E-state index contributed by atoms with van der Waals surface area (Å²) >= 11 is 0. The predicted octanol–water partition coefficient (Wildman–Crippen LogP) is 0.416. The van der Waals surface area contributed by atoms with Gasteiger partial charge in [0.05, 0.1) is 12.5 Å². The van der Waals surface area contributed by atoms with Crippen molar-refractivity contribution in [1.82, 2.24) is 25.8 Å². The molecule has 2 N–H and O–H groups in total. The van der Waals surface area contributed by atoms with E-state index in [4.69, 9.17) is 0 Å². The highest BCUT2D eigenvalue weighted by Gasteiger charge is 2.37. The lowest BCUT2D eigenvalue weighted by atomic mass is 9.85. The molecule has 2 atom stereocenters. The van der Waals surface area contributed by atoms with Crippen LogP contribution in [0.1, 0.15) is 44.5 Å². The third-order valence-corrected chi connectivity index (χ3v) is 5.09. The summed E-state index contributed by atoms with van der Waals surface area (Å²) in [5.41, 5.74) is 1.26. The number of nitrogens with one attached hydrogen (secondary N) is 2. The lowest BCUT2D eigenvalue weighted by molar-refractivity contribution is -0.124. The minimum absolute atomic E-state index is 0.0300. The molecule has 2 aliphatic rings. The molecule has 2 saturated heterocycles. The van der Waals surface area contributed by atoms with Crippen LogP contribution in [-0.4, -0.2) is 58.7 Å². The maximum atomic E-state index is 12.3. The van der Waals surface area contributed by atoms with Gasteiger partial charge < -0.3 is 10.6 Å². The van der Waals surface area contributed by atoms with Crippen molar-refractivity contribution in [1.29, 1.82) is 0 Å². The SMILES string of the molecule is Cc1nonc1CC(=O)NC1CCN(C2CCNC2=O)CC(C)(C)C1. The summed E-state index contributed by atoms with van der Waals surface area (Å²) in [5, 5.41) is 13.5. The Morgan fingerprint density at radius 3 is 2.84 bits per heavy atom. The van der Waals surface area contributed by atoms with Crippen LogP contribution in [0.15, 0.2) is 4.63 Å². The molecule has 0 spiro atoms. The highest BCUT2D eigenvalue weighted by Crippen LogP contribution is 2.30. The van der Waals surface area contributed by atoms with Crippen molar-refractivity contribution >= 4 is 11.8 Å². The Labute approximate surface area is 147 Å². The van der Waals surface area contributed by atoms with E-state index in [9.17, 15) is 9.59 Å². The molecule has 0 radical (unpaired) electrons. The van der Waals surface area contributed by atoms with E-state index in [0.29, 0.717) is 11.4 Å². The zero-order valence-corrected chi connectivity index (χ0v) is 15.2. The number of amides is 2. The molecular weight excluding hydrogens is 322 g/mol. The van der Waals surface area contributed by atoms with E-state index in [2.05, 4.69) is 44.3 Å². The van der Waals surface area contributed by atoms with Crippen LogP contribution in [0, 0.1) is 12.3 Å². The number of aryl methyl sites for hydroxylation is 1. The molecule has 8 nitrogen and oxygen atoms in total. The Bertz CT molecular complexity index is 642. The number of rotatable bonds is 4. The van der Waals surface area contributed by atoms with Crippen LogP contribution in [0.4, 0.5) is 0 Å². The third-order valence-electron chi connectivity index (χ3n) is 5.09. The van der Waals surface area contributed by atoms with Crippen LogP contribution in [0.5, 0.6) is 0 Å². The molecule has 1 aromatic rings. The van der Waals surface area contributed by atoms with Crippen molar-refractivity contribution in [3.05, 3.63) is 11.4 Å². The lowest BCUT2D eigenvalue weighted by Crippen LogP contribution is -2.44. The molecule has 25 heavy (non-hydrogen) atoms. The number of carbonyl (C=O) groups is 2. The van der Waals surface area contributed by atoms with Crippen LogP contribution in [-0.2, 0) is 16.0 Å². The van der Waals surface area contributed by atoms with Gasteiger partial charge in [-0.25, -0.2) is 4.63 Å². The number of carbonyl (C=O) groups excluding carboxylic acids is 2. The number of hydrogen-bond donors (Lipinski definition) is 2. The Morgan fingerprint density at radius 2 is 2.20 bits per heavy atom. The number of aromatic nitrogens is 2. The fraction of sp³-hybridized carbons (Fsp3) is 0.765. The average Bonchev–Trinajstić information content (AvgIpc) is 3.08. The highest BCUT2D eigenvalue weighted by molar-refractivity contribution is 5.83. The quantitative estimate of drug-likeness (QED) is 0.817. The molecule has 2 unspecified atom stereocenters. The van der Waals surface area contributed by atoms with Crippen molar-refractivity contribution in [2.45, 2.75) is 58.5 Å². The van der Waals surface area contributed by atoms with Crippen LogP contribution in [0.25, 0.3) is 0 Å². The Kier molecular flexibility index (Phi) is 5.08. The van der Waals surface area contributed by atoms with Crippen LogP contribution >= 0.6 is 0 Å². The molecule has 2 aliphatic heterocycles. The van der Waals surface area contributed by atoms with E-state index in [1.165, 1.54) is 0 Å². The highest BCUT2D eigenvalue weighted by atomic mass is 16.6. The first-order valence-electron chi connectivity index (χ1n) is 8.93. The van der Waals surface area contributed by atoms with E-state index in [-0.39, 0.29) is 35.7 Å². The van der Waals surface area contributed by atoms with E-state index in [1.54, 1.807) is 6.92 Å². The van der Waals surface area contributed by atoms with Crippen molar-refractivity contribution < 1.29 is 14.2 Å². The summed E-state index contributed by atoms with van der Waals surface area (Å²) in [4.78, 5) is 26.6. The van der Waals surface area contributed by atoms with Crippen molar-refractivity contribution in [2.24, 2.45) is 5.41 Å². The van der Waals surface area contributed by atoms with Gasteiger partial charge in [-0.1, -0.05) is 24.2 Å². The zero-order valence-electron chi connectivity index (χ0n) is 15.2. The van der Waals surface area contributed by atoms with Crippen molar-refractivity contribution in [3.8, 4) is 0 Å². The second-order valence-corrected chi connectivity index (χ2v) is 7.96. The van der Waals surface area contributed by atoms with Gasteiger partial charge in [-0.3, -0.25) is 14.5 Å². The first kappa shape index (κ1) is 17.8. The molecule has 0 aromatic carbocycles. The van der Waals surface area contributed by atoms with Gasteiger partial charge in [0, 0.05) is 25.7 Å². The van der Waals surface area contributed by atoms with Crippen molar-refractivity contribution in [2.75, 3.05) is 19.6 Å². The summed E-state index contributed by atoms with van der Waals surface area (Å²) in [6.45, 7) is 8.61. The molecule has 3 heterocycles. The predicted molar refractivity (Wildman–Crippen MR) is 90.7 cm³/mol. The molecule has 0 aliphatic carbocycles. The summed E-state index contributed by atoms with van der Waals surface area (Å²) in [7, 11) is 0. The first-order chi connectivity index (χ1) is 11.8. The lowest BCUT2D eigenvalue weighted by Gasteiger charge is -2.32. The zero-order chi connectivity index (χ0) is 18.0. The molecule has 2 fully saturated rings. The van der Waals surface area contributed by atoms with Gasteiger partial charge in [0.15, 0.2) is 0 Å². The number of likely N-dealkylation sites (tertiary alicyclic amines) is 1. The normalized spacial score (nSPS) is 26.9. The summed E-state index contributed by atoms with van der Waals surface area (Å²) < 4.78 is 4.65. The minimum Gasteiger partial charge on any atom is -0.355 e. The molecule has 2 amide bonds. The first-order valence-corrected chi connectivity index (χ1v) is 8.93. The molecular formula is C17H27N5O3. The van der Waals surface area contributed by atoms with Gasteiger partial charge in [0.2, 0.25) is 11.8 Å². The minimum atomic E-state index is -0.0633. The second kappa shape index (κ2) is 7.11. The van der Waals surface area contributed by atoms with Crippen LogP contribution in [0.3, 0.4) is 0 Å². The van der Waals surface area contributed by atoms with Gasteiger partial charge in [-0.05, 0) is 31.6 Å². The number of nitrogens with zero attached hydrogens (tertiary/aromatic N) is 3. The maximum Gasteiger partial charge on any atom is 0.237 e. The van der Waals surface area contributed by atoms with E-state index in [1.807, 2.05) is 0 Å². The fourth-order valence-corrected chi connectivity index (χ4v) is 3.94. The van der Waals surface area contributed by atoms with Crippen molar-refractivity contribution in [3.63, 3.8) is 0 Å². The van der Waals surface area contributed by atoms with E-state index < -0.39 is 0 Å². The average molecular weight is 349 g/mol. The number of hydrogen-bond acceptors (Lipinski definition) is 6. The molecule has 0 saturated carbocycles. The van der Waals surface area contributed by atoms with E-state index in [0.717, 1.165) is 38.9 Å². The third kappa shape index (κ3) is 4.36. The van der Waals surface area contributed by atoms with Gasteiger partial charge in [-0.2, -0.15) is 0 Å². The smallest absolute Gasteiger partial charge is 0.237 e. The standard InChI is InChI=1S/C17H27N5O3/c1-11-13(21-25-20-11)8-15(23)19-12-5-7-22(10-17(2,3)9-12)14-4-6-18-16(14)24/h12,14H,4-10H2,1-3H3,(H,18,24)(H,19,23). The Balaban J connectivity index is 1.60. The maximum absolute atomic E-state index is 12.3. The van der Waals surface area contributed by atoms with Crippen LogP contribution < -0.4 is 10.6 Å². The monoisotopic (exact) mass is 349 g/mol. The molecule has 8 heteroatoms. The second-order valence-electron chi connectivity index (χ2n) is 7.96. The summed E-state index contributed by atoms with van der Waals surface area (Å²) in [6, 6.07) is 0.0645. The molecule has 3 rings (SSSR count). The largest absolute Gasteiger partial charge is 0.355 e. The summed E-state index contributed by atoms with van der Waals surface area (Å²) in [5.74, 6) is 0.0685. The summed E-state index contributed by atoms with van der Waals surface area (Å²) in [6.07, 6.45) is 2.78. The Hall–Kier alpha value is -1.96. The van der Waals surface area contributed by atoms with Gasteiger partial charge in [-0.15, -0.1) is 0 Å².